The van der Waals surface area contributed by atoms with Gasteiger partial charge in [-0.05, 0) is 31.9 Å². The number of nitrogens with one attached hydrogen (secondary N) is 2. The van der Waals surface area contributed by atoms with Crippen molar-refractivity contribution in [3.63, 3.8) is 0 Å². The molecule has 1 aromatic carbocycles. The largest absolute Gasteiger partial charge is 0.497 e. The molecule has 0 saturated heterocycles. The summed E-state index contributed by atoms with van der Waals surface area (Å²) in [5, 5.41) is 6.81. The van der Waals surface area contributed by atoms with Crippen LogP contribution in [0.25, 0.3) is 0 Å². The highest BCUT2D eigenvalue weighted by atomic mass is 16.5. The maximum Gasteiger partial charge on any atom is 0.225 e. The molecule has 1 heterocycles. The molecule has 3 rings (SSSR count). The first kappa shape index (κ1) is 15.6. The smallest absolute Gasteiger partial charge is 0.225 e. The van der Waals surface area contributed by atoms with Crippen molar-refractivity contribution < 1.29 is 4.74 Å². The second-order valence-corrected chi connectivity index (χ2v) is 6.05. The van der Waals surface area contributed by atoms with Gasteiger partial charge in [0.05, 0.1) is 7.11 Å². The molecule has 0 radical (unpaired) electrons. The molecule has 0 unspecified atom stereocenters. The van der Waals surface area contributed by atoms with Gasteiger partial charge in [-0.1, -0.05) is 25.3 Å². The summed E-state index contributed by atoms with van der Waals surface area (Å²) in [6, 6.07) is 10.3. The van der Waals surface area contributed by atoms with E-state index in [9.17, 15) is 0 Å². The van der Waals surface area contributed by atoms with E-state index in [1.165, 1.54) is 32.1 Å². The van der Waals surface area contributed by atoms with Gasteiger partial charge in [0.1, 0.15) is 11.6 Å². The van der Waals surface area contributed by atoms with E-state index in [4.69, 9.17) is 4.74 Å². The summed E-state index contributed by atoms with van der Waals surface area (Å²) in [4.78, 5) is 9.12. The predicted octanol–water partition coefficient (Wildman–Crippen LogP) is 4.28. The van der Waals surface area contributed by atoms with Crippen molar-refractivity contribution in [1.82, 2.24) is 9.97 Å². The Morgan fingerprint density at radius 3 is 2.70 bits per heavy atom. The molecule has 1 aliphatic carbocycles. The molecule has 1 aliphatic rings. The summed E-state index contributed by atoms with van der Waals surface area (Å²) >= 11 is 0. The number of benzene rings is 1. The van der Waals surface area contributed by atoms with Crippen LogP contribution in [0.4, 0.5) is 17.5 Å². The Balaban J connectivity index is 1.73. The third-order valence-electron chi connectivity index (χ3n) is 4.13. The van der Waals surface area contributed by atoms with Crippen molar-refractivity contribution in [2.24, 2.45) is 0 Å². The number of anilines is 3. The minimum Gasteiger partial charge on any atom is -0.497 e. The Morgan fingerprint density at radius 2 is 1.91 bits per heavy atom. The fourth-order valence-corrected chi connectivity index (χ4v) is 2.98. The van der Waals surface area contributed by atoms with Crippen LogP contribution in [0.15, 0.2) is 30.3 Å². The molecule has 5 heteroatoms. The van der Waals surface area contributed by atoms with Gasteiger partial charge in [-0.2, -0.15) is 4.98 Å². The predicted molar refractivity (Wildman–Crippen MR) is 93.5 cm³/mol. The number of ether oxygens (including phenoxy) is 1. The molecular weight excluding hydrogens is 288 g/mol. The minimum absolute atomic E-state index is 0.496. The Morgan fingerprint density at radius 1 is 1.09 bits per heavy atom. The summed E-state index contributed by atoms with van der Waals surface area (Å²) in [6.45, 7) is 1.99. The van der Waals surface area contributed by atoms with Crippen LogP contribution < -0.4 is 15.4 Å². The fraction of sp³-hybridized carbons (Fsp3) is 0.444. The highest BCUT2D eigenvalue weighted by Crippen LogP contribution is 2.23. The van der Waals surface area contributed by atoms with Crippen molar-refractivity contribution in [3.05, 3.63) is 36.0 Å². The lowest BCUT2D eigenvalue weighted by atomic mass is 9.96. The molecule has 2 aromatic rings. The molecule has 0 atom stereocenters. The zero-order valence-corrected chi connectivity index (χ0v) is 13.8. The van der Waals surface area contributed by atoms with Gasteiger partial charge in [0.2, 0.25) is 5.95 Å². The number of hydrogen-bond donors (Lipinski definition) is 2. The molecule has 0 spiro atoms. The standard InChI is InChI=1S/C18H24N4O/c1-13-11-17(20-15-9-6-10-16(12-15)23-2)22-18(19-13)21-14-7-4-3-5-8-14/h6,9-12,14H,3-5,7-8H2,1-2H3,(H2,19,20,21,22). The number of aryl methyl sites for hydroxylation is 1. The van der Waals surface area contributed by atoms with Crippen LogP contribution in [0, 0.1) is 6.92 Å². The van der Waals surface area contributed by atoms with Crippen LogP contribution in [0.1, 0.15) is 37.8 Å². The van der Waals surface area contributed by atoms with Gasteiger partial charge in [-0.25, -0.2) is 4.98 Å². The van der Waals surface area contributed by atoms with E-state index in [2.05, 4.69) is 20.6 Å². The fourth-order valence-electron chi connectivity index (χ4n) is 2.98. The SMILES string of the molecule is COc1cccc(Nc2cc(C)nc(NC3CCCCC3)n2)c1. The third kappa shape index (κ3) is 4.34. The normalized spacial score (nSPS) is 15.2. The van der Waals surface area contributed by atoms with E-state index in [-0.39, 0.29) is 0 Å². The lowest BCUT2D eigenvalue weighted by Crippen LogP contribution is -2.23. The molecule has 23 heavy (non-hydrogen) atoms. The molecule has 2 N–H and O–H groups in total. The van der Waals surface area contributed by atoms with E-state index < -0.39 is 0 Å². The number of nitrogens with zero attached hydrogens (tertiary/aromatic N) is 2. The first-order valence-electron chi connectivity index (χ1n) is 8.26. The number of hydrogen-bond acceptors (Lipinski definition) is 5. The van der Waals surface area contributed by atoms with Crippen molar-refractivity contribution in [2.75, 3.05) is 17.7 Å². The number of rotatable bonds is 5. The molecule has 1 aromatic heterocycles. The number of methoxy groups -OCH3 is 1. The Hall–Kier alpha value is -2.30. The monoisotopic (exact) mass is 312 g/mol. The minimum atomic E-state index is 0.496. The molecule has 1 fully saturated rings. The van der Waals surface area contributed by atoms with Gasteiger partial charge in [0, 0.05) is 29.6 Å². The second kappa shape index (κ2) is 7.31. The zero-order chi connectivity index (χ0) is 16.1. The van der Waals surface area contributed by atoms with Gasteiger partial charge in [-0.3, -0.25) is 0 Å². The molecular formula is C18H24N4O. The van der Waals surface area contributed by atoms with E-state index >= 15 is 0 Å². The Bertz CT molecular complexity index is 653. The van der Waals surface area contributed by atoms with E-state index in [0.29, 0.717) is 12.0 Å². The maximum atomic E-state index is 5.26. The van der Waals surface area contributed by atoms with Gasteiger partial charge in [0.25, 0.3) is 0 Å². The average molecular weight is 312 g/mol. The van der Waals surface area contributed by atoms with Crippen LogP contribution in [0.2, 0.25) is 0 Å². The molecule has 0 bridgehead atoms. The molecule has 122 valence electrons. The van der Waals surface area contributed by atoms with Gasteiger partial charge >= 0.3 is 0 Å². The summed E-state index contributed by atoms with van der Waals surface area (Å²) in [5.74, 6) is 2.33. The molecule has 1 saturated carbocycles. The van der Waals surface area contributed by atoms with Crippen LogP contribution in [-0.2, 0) is 0 Å². The highest BCUT2D eigenvalue weighted by molar-refractivity contribution is 5.59. The van der Waals surface area contributed by atoms with Crippen LogP contribution in [0.5, 0.6) is 5.75 Å². The Kier molecular flexibility index (Phi) is 4.95. The summed E-state index contributed by atoms with van der Waals surface area (Å²) in [5.41, 5.74) is 1.90. The summed E-state index contributed by atoms with van der Waals surface area (Å²) in [6.07, 6.45) is 6.33. The van der Waals surface area contributed by atoms with E-state index in [1.807, 2.05) is 37.3 Å². The first-order valence-corrected chi connectivity index (χ1v) is 8.26. The highest BCUT2D eigenvalue weighted by Gasteiger charge is 2.14. The lowest BCUT2D eigenvalue weighted by Gasteiger charge is -2.23. The van der Waals surface area contributed by atoms with Crippen LogP contribution in [0.3, 0.4) is 0 Å². The molecule has 0 amide bonds. The van der Waals surface area contributed by atoms with Crippen LogP contribution >= 0.6 is 0 Å². The Labute approximate surface area is 137 Å². The molecule has 0 aliphatic heterocycles. The topological polar surface area (TPSA) is 59.1 Å². The first-order chi connectivity index (χ1) is 11.2. The van der Waals surface area contributed by atoms with Gasteiger partial charge < -0.3 is 15.4 Å². The van der Waals surface area contributed by atoms with Gasteiger partial charge in [0.15, 0.2) is 0 Å². The molecule has 5 nitrogen and oxygen atoms in total. The number of aromatic nitrogens is 2. The lowest BCUT2D eigenvalue weighted by molar-refractivity contribution is 0.415. The van der Waals surface area contributed by atoms with Crippen LogP contribution in [-0.4, -0.2) is 23.1 Å². The van der Waals surface area contributed by atoms with E-state index in [1.54, 1.807) is 7.11 Å². The maximum absolute atomic E-state index is 5.26. The van der Waals surface area contributed by atoms with E-state index in [0.717, 1.165) is 22.9 Å². The average Bonchev–Trinajstić information content (AvgIpc) is 2.55. The second-order valence-electron chi connectivity index (χ2n) is 6.05. The van der Waals surface area contributed by atoms with Crippen molar-refractivity contribution in [2.45, 2.75) is 45.1 Å². The van der Waals surface area contributed by atoms with Crippen molar-refractivity contribution in [1.29, 1.82) is 0 Å². The zero-order valence-electron chi connectivity index (χ0n) is 13.8. The summed E-state index contributed by atoms with van der Waals surface area (Å²) < 4.78 is 5.26. The quantitative estimate of drug-likeness (QED) is 0.863. The summed E-state index contributed by atoms with van der Waals surface area (Å²) in [7, 11) is 1.67. The third-order valence-corrected chi connectivity index (χ3v) is 4.13. The van der Waals surface area contributed by atoms with Crippen molar-refractivity contribution >= 4 is 17.5 Å². The van der Waals surface area contributed by atoms with Crippen molar-refractivity contribution in [3.8, 4) is 5.75 Å². The van der Waals surface area contributed by atoms with Gasteiger partial charge in [-0.15, -0.1) is 0 Å².